The van der Waals surface area contributed by atoms with E-state index in [0.29, 0.717) is 6.54 Å². The molecule has 8 heteroatoms. The minimum absolute atomic E-state index is 0. The van der Waals surface area contributed by atoms with Gasteiger partial charge in [0.05, 0.1) is 12.0 Å². The third-order valence-corrected chi connectivity index (χ3v) is 5.27. The topological polar surface area (TPSA) is 72.6 Å². The van der Waals surface area contributed by atoms with E-state index in [-0.39, 0.29) is 35.6 Å². The zero-order valence-corrected chi connectivity index (χ0v) is 12.7. The number of benzene rings is 1. The van der Waals surface area contributed by atoms with Crippen LogP contribution in [0.3, 0.4) is 0 Å². The Bertz CT molecular complexity index is 568. The highest BCUT2D eigenvalue weighted by molar-refractivity contribution is 7.89. The number of rotatable bonds is 4. The maximum atomic E-state index is 13.3. The molecule has 0 spiro atoms. The van der Waals surface area contributed by atoms with E-state index in [1.54, 1.807) is 0 Å². The first-order chi connectivity index (χ1) is 9.00. The van der Waals surface area contributed by atoms with Crippen molar-refractivity contribution in [3.05, 3.63) is 24.0 Å². The molecule has 2 rings (SSSR count). The molecule has 1 saturated heterocycles. The molecule has 1 unspecified atom stereocenters. The largest absolute Gasteiger partial charge is 0.494 e. The summed E-state index contributed by atoms with van der Waals surface area (Å²) in [6, 6.07) is 3.37. The molecular formula is C12H18ClFN2O3S. The summed E-state index contributed by atoms with van der Waals surface area (Å²) in [5.41, 5.74) is 5.59. The van der Waals surface area contributed by atoms with Crippen LogP contribution in [0.4, 0.5) is 4.39 Å². The van der Waals surface area contributed by atoms with Crippen LogP contribution in [-0.2, 0) is 10.0 Å². The Morgan fingerprint density at radius 1 is 1.50 bits per heavy atom. The van der Waals surface area contributed by atoms with Crippen molar-refractivity contribution in [2.24, 2.45) is 5.73 Å². The molecule has 1 aliphatic heterocycles. The van der Waals surface area contributed by atoms with Gasteiger partial charge in [-0.05, 0) is 25.0 Å². The molecule has 2 N–H and O–H groups in total. The van der Waals surface area contributed by atoms with Gasteiger partial charge in [-0.25, -0.2) is 12.8 Å². The van der Waals surface area contributed by atoms with E-state index in [0.717, 1.165) is 18.9 Å². The fraction of sp³-hybridized carbons (Fsp3) is 0.500. The van der Waals surface area contributed by atoms with Crippen LogP contribution < -0.4 is 10.5 Å². The minimum Gasteiger partial charge on any atom is -0.494 e. The van der Waals surface area contributed by atoms with Crippen LogP contribution in [0.15, 0.2) is 23.1 Å². The van der Waals surface area contributed by atoms with Gasteiger partial charge < -0.3 is 10.5 Å². The zero-order valence-electron chi connectivity index (χ0n) is 11.1. The fourth-order valence-electron chi connectivity index (χ4n) is 2.30. The Morgan fingerprint density at radius 2 is 2.20 bits per heavy atom. The molecule has 20 heavy (non-hydrogen) atoms. The van der Waals surface area contributed by atoms with Gasteiger partial charge in [-0.15, -0.1) is 12.4 Å². The first kappa shape index (κ1) is 17.2. The lowest BCUT2D eigenvalue weighted by Crippen LogP contribution is -2.39. The predicted molar refractivity (Wildman–Crippen MR) is 76.2 cm³/mol. The van der Waals surface area contributed by atoms with Crippen LogP contribution in [0.1, 0.15) is 12.8 Å². The molecule has 1 aromatic rings. The van der Waals surface area contributed by atoms with Crippen LogP contribution in [0.25, 0.3) is 0 Å². The number of hydrogen-bond donors (Lipinski definition) is 1. The van der Waals surface area contributed by atoms with E-state index in [9.17, 15) is 12.8 Å². The monoisotopic (exact) mass is 324 g/mol. The van der Waals surface area contributed by atoms with Crippen molar-refractivity contribution >= 4 is 22.4 Å². The third kappa shape index (κ3) is 3.06. The van der Waals surface area contributed by atoms with Crippen molar-refractivity contribution in [1.82, 2.24) is 4.31 Å². The smallest absolute Gasteiger partial charge is 0.243 e. The lowest BCUT2D eigenvalue weighted by molar-refractivity contribution is 0.381. The summed E-state index contributed by atoms with van der Waals surface area (Å²) in [4.78, 5) is 0.0334. The molecule has 0 aromatic heterocycles. The van der Waals surface area contributed by atoms with Crippen LogP contribution in [-0.4, -0.2) is 39.0 Å². The average molecular weight is 325 g/mol. The first-order valence-electron chi connectivity index (χ1n) is 6.06. The fourth-order valence-corrected chi connectivity index (χ4v) is 4.02. The van der Waals surface area contributed by atoms with Gasteiger partial charge in [0.15, 0.2) is 11.6 Å². The Kier molecular flexibility index (Phi) is 5.76. The maximum absolute atomic E-state index is 13.3. The zero-order chi connectivity index (χ0) is 14.0. The van der Waals surface area contributed by atoms with E-state index in [1.165, 1.54) is 23.5 Å². The molecule has 0 saturated carbocycles. The molecule has 1 aliphatic rings. The quantitative estimate of drug-likeness (QED) is 0.908. The molecule has 0 amide bonds. The van der Waals surface area contributed by atoms with Gasteiger partial charge in [0, 0.05) is 25.2 Å². The molecule has 1 atom stereocenters. The number of methoxy groups -OCH3 is 1. The number of halogens is 2. The minimum atomic E-state index is -3.64. The highest BCUT2D eigenvalue weighted by atomic mass is 35.5. The van der Waals surface area contributed by atoms with Crippen molar-refractivity contribution < 1.29 is 17.5 Å². The third-order valence-electron chi connectivity index (χ3n) is 3.32. The normalized spacial score (nSPS) is 19.6. The second-order valence-electron chi connectivity index (χ2n) is 4.44. The Labute approximate surface area is 124 Å². The summed E-state index contributed by atoms with van der Waals surface area (Å²) in [6.45, 7) is 0.738. The number of nitrogens with zero attached hydrogens (tertiary/aromatic N) is 1. The second-order valence-corrected chi connectivity index (χ2v) is 6.33. The number of hydrogen-bond acceptors (Lipinski definition) is 4. The molecule has 0 radical (unpaired) electrons. The summed E-state index contributed by atoms with van der Waals surface area (Å²) in [5, 5.41) is 0. The van der Waals surface area contributed by atoms with Crippen molar-refractivity contribution in [2.45, 2.75) is 23.8 Å². The number of nitrogens with two attached hydrogens (primary N) is 1. The van der Waals surface area contributed by atoms with Crippen LogP contribution >= 0.6 is 12.4 Å². The Hall–Kier alpha value is -0.890. The molecule has 1 heterocycles. The Balaban J connectivity index is 0.00000200. The van der Waals surface area contributed by atoms with Gasteiger partial charge in [0.1, 0.15) is 0 Å². The van der Waals surface area contributed by atoms with Gasteiger partial charge in [-0.1, -0.05) is 0 Å². The Morgan fingerprint density at radius 3 is 2.80 bits per heavy atom. The molecule has 114 valence electrons. The molecule has 1 fully saturated rings. The van der Waals surface area contributed by atoms with Crippen molar-refractivity contribution in [3.63, 3.8) is 0 Å². The van der Waals surface area contributed by atoms with Crippen LogP contribution in [0.5, 0.6) is 5.75 Å². The van der Waals surface area contributed by atoms with Crippen LogP contribution in [0.2, 0.25) is 0 Å². The lowest BCUT2D eigenvalue weighted by atomic mass is 10.2. The van der Waals surface area contributed by atoms with Gasteiger partial charge >= 0.3 is 0 Å². The number of sulfonamides is 1. The van der Waals surface area contributed by atoms with Gasteiger partial charge in [0.2, 0.25) is 10.0 Å². The van der Waals surface area contributed by atoms with Gasteiger partial charge in [0.25, 0.3) is 0 Å². The SMILES string of the molecule is COc1cc(S(=O)(=O)N2CCCC2CN)ccc1F.Cl. The molecular weight excluding hydrogens is 307 g/mol. The van der Waals surface area contributed by atoms with Gasteiger partial charge in [-0.2, -0.15) is 4.31 Å². The van der Waals surface area contributed by atoms with E-state index in [4.69, 9.17) is 10.5 Å². The first-order valence-corrected chi connectivity index (χ1v) is 7.50. The lowest BCUT2D eigenvalue weighted by Gasteiger charge is -2.23. The summed E-state index contributed by atoms with van der Waals surface area (Å²) in [5.74, 6) is -0.664. The second kappa shape index (κ2) is 6.71. The summed E-state index contributed by atoms with van der Waals surface area (Å²) in [7, 11) is -2.34. The predicted octanol–water partition coefficient (Wildman–Crippen LogP) is 1.37. The van der Waals surface area contributed by atoms with Gasteiger partial charge in [-0.3, -0.25) is 0 Å². The molecule has 5 nitrogen and oxygen atoms in total. The summed E-state index contributed by atoms with van der Waals surface area (Å²) in [6.07, 6.45) is 1.55. The van der Waals surface area contributed by atoms with E-state index < -0.39 is 15.8 Å². The number of ether oxygens (including phenoxy) is 1. The standard InChI is InChI=1S/C12H17FN2O3S.ClH/c1-18-12-7-10(4-5-11(12)13)19(16,17)15-6-2-3-9(15)8-14;/h4-5,7,9H,2-3,6,8,14H2,1H3;1H. The van der Waals surface area contributed by atoms with Crippen molar-refractivity contribution in [1.29, 1.82) is 0 Å². The van der Waals surface area contributed by atoms with Crippen molar-refractivity contribution in [2.75, 3.05) is 20.2 Å². The molecule has 0 aliphatic carbocycles. The highest BCUT2D eigenvalue weighted by Crippen LogP contribution is 2.28. The van der Waals surface area contributed by atoms with Crippen LogP contribution in [0, 0.1) is 5.82 Å². The maximum Gasteiger partial charge on any atom is 0.243 e. The van der Waals surface area contributed by atoms with Crippen molar-refractivity contribution in [3.8, 4) is 5.75 Å². The summed E-state index contributed by atoms with van der Waals surface area (Å²) >= 11 is 0. The molecule has 1 aromatic carbocycles. The van der Waals surface area contributed by atoms with E-state index in [2.05, 4.69) is 0 Å². The van der Waals surface area contributed by atoms with E-state index >= 15 is 0 Å². The molecule has 0 bridgehead atoms. The van der Waals surface area contributed by atoms with E-state index in [1.807, 2.05) is 0 Å². The highest BCUT2D eigenvalue weighted by Gasteiger charge is 2.34. The summed E-state index contributed by atoms with van der Waals surface area (Å²) < 4.78 is 44.5. The average Bonchev–Trinajstić information content (AvgIpc) is 2.88.